The summed E-state index contributed by atoms with van der Waals surface area (Å²) in [6, 6.07) is 28.8. The van der Waals surface area contributed by atoms with Gasteiger partial charge in [0, 0.05) is 19.3 Å². The molecular weight excluding hydrogens is 504 g/mol. The molecule has 0 aromatic heterocycles. The van der Waals surface area contributed by atoms with Crippen molar-refractivity contribution in [3.05, 3.63) is 108 Å². The molecule has 0 radical (unpaired) electrons. The van der Waals surface area contributed by atoms with E-state index in [2.05, 4.69) is 0 Å². The van der Waals surface area contributed by atoms with Crippen molar-refractivity contribution in [3.8, 4) is 0 Å². The molecule has 0 aliphatic rings. The minimum absolute atomic E-state index is 0. The van der Waals surface area contributed by atoms with E-state index >= 15 is 0 Å². The molecule has 0 heterocycles. The SMILES string of the molecule is O=[P+]([O-])CCc1ccccc1.O=[P+]([O-])CCc1ccccc1.O=[P+]([O-])CCc1ccccc1.[Al+3]. The number of rotatable bonds is 9. The molecule has 0 bridgehead atoms. The first-order valence-corrected chi connectivity index (χ1v) is 14.4. The Labute approximate surface area is 214 Å². The van der Waals surface area contributed by atoms with E-state index in [1.807, 2.05) is 91.0 Å². The molecular formula is C24H27AlO6P3+3. The fourth-order valence-electron chi connectivity index (χ4n) is 2.60. The summed E-state index contributed by atoms with van der Waals surface area (Å²) in [7, 11) is -6.67. The van der Waals surface area contributed by atoms with E-state index in [1.165, 1.54) is 0 Å². The summed E-state index contributed by atoms with van der Waals surface area (Å²) in [6.07, 6.45) is 2.62. The van der Waals surface area contributed by atoms with Crippen molar-refractivity contribution in [2.45, 2.75) is 19.3 Å². The molecule has 3 atom stereocenters. The standard InChI is InChI=1S/3C8H9O2P.Al/c3*9-11(10)7-6-8-4-2-1-3-5-8;/h3*1-5H,6-7H2;/q;;;+3. The molecule has 0 N–H and O–H groups in total. The average molecular weight is 531 g/mol. The summed E-state index contributed by atoms with van der Waals surface area (Å²) in [6.45, 7) is 0. The van der Waals surface area contributed by atoms with E-state index < -0.39 is 24.1 Å². The normalized spacial score (nSPS) is 10.9. The molecule has 0 aliphatic heterocycles. The first kappa shape index (κ1) is 32.4. The summed E-state index contributed by atoms with van der Waals surface area (Å²) >= 11 is 0. The average Bonchev–Trinajstić information content (AvgIpc) is 2.83. The zero-order valence-corrected chi connectivity index (χ0v) is 22.6. The molecule has 0 saturated heterocycles. The van der Waals surface area contributed by atoms with Crippen LogP contribution in [-0.4, -0.2) is 35.8 Å². The van der Waals surface area contributed by atoms with E-state index in [0.717, 1.165) is 16.7 Å². The quantitative estimate of drug-likeness (QED) is 0.307. The Morgan fingerprint density at radius 2 is 0.647 bits per heavy atom. The number of benzene rings is 3. The maximum absolute atomic E-state index is 10.2. The second-order valence-electron chi connectivity index (χ2n) is 6.88. The van der Waals surface area contributed by atoms with Crippen LogP contribution in [0, 0.1) is 0 Å². The van der Waals surface area contributed by atoms with Gasteiger partial charge in [-0.25, -0.2) is 0 Å². The van der Waals surface area contributed by atoms with Gasteiger partial charge in [0.1, 0.15) is 18.5 Å². The molecule has 3 aromatic rings. The monoisotopic (exact) mass is 531 g/mol. The van der Waals surface area contributed by atoms with Crippen molar-refractivity contribution < 1.29 is 28.4 Å². The molecule has 0 saturated carbocycles. The zero-order valence-electron chi connectivity index (χ0n) is 18.8. The Bertz CT molecular complexity index is 833. The van der Waals surface area contributed by atoms with Crippen LogP contribution in [0.5, 0.6) is 0 Å². The van der Waals surface area contributed by atoms with Gasteiger partial charge in [-0.05, 0) is 16.7 Å². The van der Waals surface area contributed by atoms with Crippen LogP contribution in [0.1, 0.15) is 16.7 Å². The topological polar surface area (TPSA) is 120 Å². The minimum atomic E-state index is -2.22. The van der Waals surface area contributed by atoms with Gasteiger partial charge in [-0.2, -0.15) is 0 Å². The fraction of sp³-hybridized carbons (Fsp3) is 0.250. The second-order valence-corrected chi connectivity index (χ2v) is 10.2. The van der Waals surface area contributed by atoms with Gasteiger partial charge < -0.3 is 14.7 Å². The maximum atomic E-state index is 10.2. The minimum Gasteiger partial charge on any atom is -0.596 e. The molecule has 34 heavy (non-hydrogen) atoms. The molecule has 0 fully saturated rings. The molecule has 0 amide bonds. The van der Waals surface area contributed by atoms with E-state index in [4.69, 9.17) is 0 Å². The molecule has 3 aromatic carbocycles. The van der Waals surface area contributed by atoms with Gasteiger partial charge in [0.05, 0.1) is 0 Å². The van der Waals surface area contributed by atoms with Crippen molar-refractivity contribution >= 4 is 41.4 Å². The van der Waals surface area contributed by atoms with E-state index in [-0.39, 0.29) is 35.8 Å². The third kappa shape index (κ3) is 18.8. The first-order valence-electron chi connectivity index (χ1n) is 10.3. The zero-order chi connectivity index (χ0) is 24.3. The Kier molecular flexibility index (Phi) is 19.7. The van der Waals surface area contributed by atoms with E-state index in [1.54, 1.807) is 0 Å². The Morgan fingerprint density at radius 3 is 0.824 bits per heavy atom. The fourth-order valence-corrected chi connectivity index (χ4v) is 3.92. The summed E-state index contributed by atoms with van der Waals surface area (Å²) in [4.78, 5) is 30.6. The van der Waals surface area contributed by atoms with Gasteiger partial charge in [0.2, 0.25) is 0 Å². The Hall–Kier alpha value is -1.63. The Balaban J connectivity index is 0.000000473. The third-order valence-electron chi connectivity index (χ3n) is 4.28. The van der Waals surface area contributed by atoms with Crippen LogP contribution < -0.4 is 14.7 Å². The van der Waals surface area contributed by atoms with Gasteiger partial charge in [-0.3, -0.25) is 0 Å². The summed E-state index contributed by atoms with van der Waals surface area (Å²) in [5, 5.41) is 0. The summed E-state index contributed by atoms with van der Waals surface area (Å²) in [5.41, 5.74) is 3.23. The molecule has 3 rings (SSSR count). The van der Waals surface area contributed by atoms with Crippen molar-refractivity contribution in [3.63, 3.8) is 0 Å². The molecule has 0 aliphatic carbocycles. The van der Waals surface area contributed by atoms with E-state index in [0.29, 0.717) is 19.3 Å². The van der Waals surface area contributed by atoms with Crippen LogP contribution in [-0.2, 0) is 33.0 Å². The maximum Gasteiger partial charge on any atom is 3.00 e. The summed E-state index contributed by atoms with van der Waals surface area (Å²) in [5.74, 6) is 0. The number of hydrogen-bond donors (Lipinski definition) is 0. The Morgan fingerprint density at radius 1 is 0.441 bits per heavy atom. The predicted molar refractivity (Wildman–Crippen MR) is 134 cm³/mol. The molecule has 6 nitrogen and oxygen atoms in total. The van der Waals surface area contributed by atoms with Crippen LogP contribution in [0.25, 0.3) is 0 Å². The van der Waals surface area contributed by atoms with Gasteiger partial charge in [0.15, 0.2) is 0 Å². The predicted octanol–water partition coefficient (Wildman–Crippen LogP) is 3.61. The largest absolute Gasteiger partial charge is 3.00 e. The molecule has 0 spiro atoms. The van der Waals surface area contributed by atoms with Gasteiger partial charge in [-0.1, -0.05) is 105 Å². The van der Waals surface area contributed by atoms with Crippen LogP contribution in [0.4, 0.5) is 0 Å². The number of hydrogen-bond acceptors (Lipinski definition) is 6. The van der Waals surface area contributed by atoms with E-state index in [9.17, 15) is 28.4 Å². The van der Waals surface area contributed by atoms with Crippen LogP contribution >= 0.6 is 24.1 Å². The van der Waals surface area contributed by atoms with Crippen LogP contribution in [0.15, 0.2) is 91.0 Å². The molecule has 3 unspecified atom stereocenters. The van der Waals surface area contributed by atoms with Crippen molar-refractivity contribution in [2.24, 2.45) is 0 Å². The second kappa shape index (κ2) is 20.7. The summed E-state index contributed by atoms with van der Waals surface area (Å²) < 4.78 is 30.6. The van der Waals surface area contributed by atoms with Gasteiger partial charge >= 0.3 is 41.4 Å². The van der Waals surface area contributed by atoms with Gasteiger partial charge in [-0.15, -0.1) is 0 Å². The molecule has 10 heteroatoms. The third-order valence-corrected chi connectivity index (χ3v) is 6.04. The first-order chi connectivity index (χ1) is 15.9. The number of aryl methyl sites for hydroxylation is 3. The van der Waals surface area contributed by atoms with Gasteiger partial charge in [0.25, 0.3) is 0 Å². The van der Waals surface area contributed by atoms with Crippen molar-refractivity contribution in [1.82, 2.24) is 0 Å². The van der Waals surface area contributed by atoms with Crippen LogP contribution in [0.2, 0.25) is 0 Å². The molecule has 174 valence electrons. The smallest absolute Gasteiger partial charge is 0.596 e. The van der Waals surface area contributed by atoms with Crippen molar-refractivity contribution in [1.29, 1.82) is 0 Å². The van der Waals surface area contributed by atoms with Crippen molar-refractivity contribution in [2.75, 3.05) is 18.5 Å². The van der Waals surface area contributed by atoms with Crippen LogP contribution in [0.3, 0.4) is 0 Å².